The van der Waals surface area contributed by atoms with Crippen LogP contribution >= 0.6 is 0 Å². The van der Waals surface area contributed by atoms with Gasteiger partial charge in [0.2, 0.25) is 5.88 Å². The minimum Gasteiger partial charge on any atom is -0.508 e. The number of phenolic OH excluding ortho intramolecular Hbond substituents is 1. The third-order valence-electron chi connectivity index (χ3n) is 1.60. The number of ether oxygens (including phenoxy) is 1. The van der Waals surface area contributed by atoms with Crippen LogP contribution in [0.3, 0.4) is 0 Å². The molecule has 1 heterocycles. The molecular weight excluding hydrogens is 190 g/mol. The summed E-state index contributed by atoms with van der Waals surface area (Å²) in [5.41, 5.74) is 0. The monoisotopic (exact) mass is 203 g/mol. The number of methoxy groups -OCH3 is 1. The predicted octanol–water partition coefficient (Wildman–Crippen LogP) is 2.48. The molecule has 1 aromatic heterocycles. The molecule has 2 rings (SSSR count). The molecule has 0 amide bonds. The van der Waals surface area contributed by atoms with E-state index in [4.69, 9.17) is 9.84 Å². The summed E-state index contributed by atoms with van der Waals surface area (Å²) >= 11 is 0. The molecule has 0 unspecified atom stereocenters. The van der Waals surface area contributed by atoms with Crippen molar-refractivity contribution >= 4 is 0 Å². The highest BCUT2D eigenvalue weighted by atomic mass is 16.5. The number of hydrogen-bond acceptors (Lipinski definition) is 3. The lowest BCUT2D eigenvalue weighted by Gasteiger charge is -1.92. The molecule has 2 aromatic rings. The number of para-hydroxylation sites is 1. The molecular formula is C12H13NO2. The van der Waals surface area contributed by atoms with E-state index in [-0.39, 0.29) is 0 Å². The normalized spacial score (nSPS) is 8.60. The second-order valence-corrected chi connectivity index (χ2v) is 2.71. The first-order valence-electron chi connectivity index (χ1n) is 4.52. The van der Waals surface area contributed by atoms with Gasteiger partial charge in [0.25, 0.3) is 0 Å². The van der Waals surface area contributed by atoms with Gasteiger partial charge in [-0.3, -0.25) is 0 Å². The topological polar surface area (TPSA) is 42.4 Å². The van der Waals surface area contributed by atoms with E-state index < -0.39 is 0 Å². The predicted molar refractivity (Wildman–Crippen MR) is 58.9 cm³/mol. The Bertz CT molecular complexity index is 362. The van der Waals surface area contributed by atoms with Crippen molar-refractivity contribution < 1.29 is 9.84 Å². The van der Waals surface area contributed by atoms with Crippen LogP contribution in [0.2, 0.25) is 0 Å². The Morgan fingerprint density at radius 1 is 1.00 bits per heavy atom. The number of phenols is 1. The van der Waals surface area contributed by atoms with E-state index in [2.05, 4.69) is 4.98 Å². The van der Waals surface area contributed by atoms with Gasteiger partial charge < -0.3 is 9.84 Å². The number of nitrogens with zero attached hydrogens (tertiary/aromatic N) is 1. The minimum absolute atomic E-state index is 0.322. The third kappa shape index (κ3) is 4.67. The third-order valence-corrected chi connectivity index (χ3v) is 1.60. The summed E-state index contributed by atoms with van der Waals surface area (Å²) in [6.07, 6.45) is 1.69. The SMILES string of the molecule is COc1ccccn1.Oc1ccccc1. The van der Waals surface area contributed by atoms with Crippen molar-refractivity contribution in [3.63, 3.8) is 0 Å². The summed E-state index contributed by atoms with van der Waals surface area (Å²) in [7, 11) is 1.60. The first-order chi connectivity index (χ1) is 7.33. The zero-order valence-corrected chi connectivity index (χ0v) is 8.50. The maximum atomic E-state index is 8.63. The van der Waals surface area contributed by atoms with E-state index in [1.807, 2.05) is 18.2 Å². The fraction of sp³-hybridized carbons (Fsp3) is 0.0833. The van der Waals surface area contributed by atoms with Gasteiger partial charge in [0.1, 0.15) is 5.75 Å². The molecule has 0 radical (unpaired) electrons. The summed E-state index contributed by atoms with van der Waals surface area (Å²) in [6, 6.07) is 14.2. The van der Waals surface area contributed by atoms with Crippen molar-refractivity contribution in [3.05, 3.63) is 54.7 Å². The highest BCUT2D eigenvalue weighted by Gasteiger charge is 1.82. The standard InChI is InChI=1S/C6H7NO.C6H6O/c1-8-6-4-2-3-5-7-6;7-6-4-2-1-3-5-6/h2-5H,1H3;1-5,7H. The molecule has 3 nitrogen and oxygen atoms in total. The van der Waals surface area contributed by atoms with E-state index >= 15 is 0 Å². The molecule has 1 N–H and O–H groups in total. The largest absolute Gasteiger partial charge is 0.508 e. The first kappa shape index (κ1) is 11.0. The van der Waals surface area contributed by atoms with Crippen LogP contribution in [-0.2, 0) is 0 Å². The van der Waals surface area contributed by atoms with Crippen LogP contribution in [-0.4, -0.2) is 17.2 Å². The van der Waals surface area contributed by atoms with Crippen LogP contribution in [0.25, 0.3) is 0 Å². The number of benzene rings is 1. The Balaban J connectivity index is 0.000000151. The number of pyridine rings is 1. The van der Waals surface area contributed by atoms with E-state index in [0.29, 0.717) is 11.6 Å². The van der Waals surface area contributed by atoms with E-state index in [1.54, 1.807) is 43.6 Å². The minimum atomic E-state index is 0.322. The van der Waals surface area contributed by atoms with E-state index in [0.717, 1.165) is 0 Å². The van der Waals surface area contributed by atoms with Crippen molar-refractivity contribution in [2.45, 2.75) is 0 Å². The Kier molecular flexibility index (Phi) is 4.73. The second kappa shape index (κ2) is 6.43. The summed E-state index contributed by atoms with van der Waals surface area (Å²) in [5.74, 6) is 0.981. The maximum absolute atomic E-state index is 8.63. The molecule has 78 valence electrons. The smallest absolute Gasteiger partial charge is 0.212 e. The highest BCUT2D eigenvalue weighted by molar-refractivity contribution is 5.18. The van der Waals surface area contributed by atoms with Crippen molar-refractivity contribution in [1.82, 2.24) is 4.98 Å². The average molecular weight is 203 g/mol. The summed E-state index contributed by atoms with van der Waals surface area (Å²) in [5, 5.41) is 8.63. The average Bonchev–Trinajstić information content (AvgIpc) is 2.32. The van der Waals surface area contributed by atoms with Gasteiger partial charge in [-0.05, 0) is 18.2 Å². The van der Waals surface area contributed by atoms with Crippen molar-refractivity contribution in [2.75, 3.05) is 7.11 Å². The molecule has 0 aliphatic carbocycles. The quantitative estimate of drug-likeness (QED) is 0.774. The molecule has 0 spiro atoms. The Hall–Kier alpha value is -2.03. The van der Waals surface area contributed by atoms with Gasteiger partial charge in [-0.1, -0.05) is 24.3 Å². The first-order valence-corrected chi connectivity index (χ1v) is 4.52. The Morgan fingerprint density at radius 2 is 1.67 bits per heavy atom. The molecule has 0 atom stereocenters. The van der Waals surface area contributed by atoms with Gasteiger partial charge in [-0.2, -0.15) is 0 Å². The van der Waals surface area contributed by atoms with Gasteiger partial charge in [-0.15, -0.1) is 0 Å². The van der Waals surface area contributed by atoms with Gasteiger partial charge >= 0.3 is 0 Å². The van der Waals surface area contributed by atoms with Crippen LogP contribution in [0.15, 0.2) is 54.7 Å². The molecule has 0 aliphatic rings. The Morgan fingerprint density at radius 3 is 2.00 bits per heavy atom. The molecule has 15 heavy (non-hydrogen) atoms. The van der Waals surface area contributed by atoms with E-state index in [9.17, 15) is 0 Å². The highest BCUT2D eigenvalue weighted by Crippen LogP contribution is 2.02. The lowest BCUT2D eigenvalue weighted by molar-refractivity contribution is 0.398. The van der Waals surface area contributed by atoms with Crippen molar-refractivity contribution in [2.24, 2.45) is 0 Å². The van der Waals surface area contributed by atoms with Crippen molar-refractivity contribution in [3.8, 4) is 11.6 Å². The fourth-order valence-electron chi connectivity index (χ4n) is 0.896. The second-order valence-electron chi connectivity index (χ2n) is 2.71. The molecule has 0 saturated heterocycles. The van der Waals surface area contributed by atoms with Crippen LogP contribution in [0.4, 0.5) is 0 Å². The fourth-order valence-corrected chi connectivity index (χ4v) is 0.896. The zero-order chi connectivity index (χ0) is 10.9. The van der Waals surface area contributed by atoms with Crippen LogP contribution in [0, 0.1) is 0 Å². The number of aromatic nitrogens is 1. The van der Waals surface area contributed by atoms with Gasteiger partial charge in [0.15, 0.2) is 0 Å². The maximum Gasteiger partial charge on any atom is 0.212 e. The number of hydrogen-bond donors (Lipinski definition) is 1. The van der Waals surface area contributed by atoms with Gasteiger partial charge in [-0.25, -0.2) is 4.98 Å². The molecule has 1 aromatic carbocycles. The molecule has 0 bridgehead atoms. The van der Waals surface area contributed by atoms with Gasteiger partial charge in [0.05, 0.1) is 7.11 Å². The summed E-state index contributed by atoms with van der Waals surface area (Å²) in [4.78, 5) is 3.88. The Labute approximate surface area is 89.0 Å². The van der Waals surface area contributed by atoms with Crippen LogP contribution < -0.4 is 4.74 Å². The number of rotatable bonds is 1. The van der Waals surface area contributed by atoms with Crippen molar-refractivity contribution in [1.29, 1.82) is 0 Å². The molecule has 0 saturated carbocycles. The molecule has 3 heteroatoms. The summed E-state index contributed by atoms with van der Waals surface area (Å²) < 4.78 is 4.80. The zero-order valence-electron chi connectivity index (χ0n) is 8.50. The molecule has 0 aliphatic heterocycles. The number of aromatic hydroxyl groups is 1. The lowest BCUT2D eigenvalue weighted by atomic mass is 10.3. The summed E-state index contributed by atoms with van der Waals surface area (Å²) in [6.45, 7) is 0. The van der Waals surface area contributed by atoms with Crippen LogP contribution in [0.1, 0.15) is 0 Å². The molecule has 0 fully saturated rings. The van der Waals surface area contributed by atoms with Crippen LogP contribution in [0.5, 0.6) is 11.6 Å². The van der Waals surface area contributed by atoms with E-state index in [1.165, 1.54) is 0 Å². The lowest BCUT2D eigenvalue weighted by Crippen LogP contribution is -1.83. The van der Waals surface area contributed by atoms with Gasteiger partial charge in [0, 0.05) is 12.3 Å².